The first-order valence-corrected chi connectivity index (χ1v) is 5.91. The van der Waals surface area contributed by atoms with Crippen LogP contribution in [0.2, 0.25) is 0 Å². The summed E-state index contributed by atoms with van der Waals surface area (Å²) in [6.07, 6.45) is 3.24. The fourth-order valence-corrected chi connectivity index (χ4v) is 1.83. The fourth-order valence-electron chi connectivity index (χ4n) is 1.83. The molecule has 0 saturated heterocycles. The Kier molecular flexibility index (Phi) is 5.52. The third-order valence-corrected chi connectivity index (χ3v) is 2.77. The lowest BCUT2D eigenvalue weighted by Gasteiger charge is -2.15. The summed E-state index contributed by atoms with van der Waals surface area (Å²) in [7, 11) is 0. The first-order valence-electron chi connectivity index (χ1n) is 5.91. The average Bonchev–Trinajstić information content (AvgIpc) is 2.69. The van der Waals surface area contributed by atoms with Gasteiger partial charge in [0.1, 0.15) is 5.57 Å². The fraction of sp³-hybridized carbons (Fsp3) is 0.308. The van der Waals surface area contributed by atoms with E-state index in [1.54, 1.807) is 31.5 Å². The Balaban J connectivity index is 0.00000200. The number of aliphatic hydroxyl groups is 1. The van der Waals surface area contributed by atoms with Gasteiger partial charge in [-0.3, -0.25) is 9.78 Å². The molecule has 0 bridgehead atoms. The van der Waals surface area contributed by atoms with Gasteiger partial charge >= 0.3 is 5.97 Å². The summed E-state index contributed by atoms with van der Waals surface area (Å²) in [6.45, 7) is 2.25. The number of ether oxygens (including phenoxy) is 1. The van der Waals surface area contributed by atoms with Crippen molar-refractivity contribution in [3.8, 4) is 0 Å². The van der Waals surface area contributed by atoms with E-state index in [2.05, 4.69) is 4.98 Å². The Hall–Kier alpha value is -2.08. The second-order valence-corrected chi connectivity index (χ2v) is 4.06. The largest absolute Gasteiger partial charge is 0.503 e. The average molecular weight is 299 g/mol. The molecular weight excluding hydrogens is 284 g/mol. The van der Waals surface area contributed by atoms with E-state index in [1.165, 1.54) is 4.90 Å². The van der Waals surface area contributed by atoms with Gasteiger partial charge in [0.2, 0.25) is 0 Å². The van der Waals surface area contributed by atoms with Crippen LogP contribution in [0.5, 0.6) is 0 Å². The first-order chi connectivity index (χ1) is 9.13. The summed E-state index contributed by atoms with van der Waals surface area (Å²) in [4.78, 5) is 28.7. The Morgan fingerprint density at radius 2 is 2.10 bits per heavy atom. The number of carbonyl (C=O) groups is 2. The number of hydrogen-bond acceptors (Lipinski definition) is 5. The van der Waals surface area contributed by atoms with Crippen LogP contribution in [0.25, 0.3) is 0 Å². The van der Waals surface area contributed by atoms with Crippen LogP contribution in [-0.4, -0.2) is 40.0 Å². The minimum absolute atomic E-state index is 0. The second kappa shape index (κ2) is 6.91. The Labute approximate surface area is 122 Å². The first kappa shape index (κ1) is 16.0. The maximum absolute atomic E-state index is 11.8. The van der Waals surface area contributed by atoms with Gasteiger partial charge in [-0.1, -0.05) is 0 Å². The molecule has 1 aromatic rings. The Morgan fingerprint density at radius 3 is 2.70 bits per heavy atom. The molecule has 0 aromatic carbocycles. The number of carbonyl (C=O) groups excluding carboxylic acids is 2. The summed E-state index contributed by atoms with van der Waals surface area (Å²) in [5, 5.41) is 9.68. The number of pyridine rings is 1. The summed E-state index contributed by atoms with van der Waals surface area (Å²) in [5.41, 5.74) is 0.891. The number of rotatable bonds is 4. The van der Waals surface area contributed by atoms with Crippen molar-refractivity contribution in [3.63, 3.8) is 0 Å². The molecule has 0 fully saturated rings. The van der Waals surface area contributed by atoms with E-state index in [1.807, 2.05) is 0 Å². The molecule has 1 amide bonds. The lowest BCUT2D eigenvalue weighted by molar-refractivity contribution is -0.138. The molecule has 1 aromatic heterocycles. The van der Waals surface area contributed by atoms with E-state index >= 15 is 0 Å². The monoisotopic (exact) mass is 298 g/mol. The molecule has 20 heavy (non-hydrogen) atoms. The van der Waals surface area contributed by atoms with Gasteiger partial charge in [0.15, 0.2) is 5.76 Å². The molecule has 6 nitrogen and oxygen atoms in total. The lowest BCUT2D eigenvalue weighted by atomic mass is 10.2. The minimum Gasteiger partial charge on any atom is -0.503 e. The number of hydrogen-bond donors (Lipinski definition) is 1. The maximum atomic E-state index is 11.8. The smallest absolute Gasteiger partial charge is 0.339 e. The highest BCUT2D eigenvalue weighted by atomic mass is 35.5. The molecule has 0 atom stereocenters. The van der Waals surface area contributed by atoms with Crippen LogP contribution in [0.4, 0.5) is 0 Å². The van der Waals surface area contributed by atoms with Gasteiger partial charge in [0, 0.05) is 18.9 Å². The number of aliphatic hydroxyl groups excluding tert-OH is 1. The molecule has 0 radical (unpaired) electrons. The van der Waals surface area contributed by atoms with Crippen molar-refractivity contribution in [2.75, 3.05) is 13.2 Å². The topological polar surface area (TPSA) is 79.7 Å². The van der Waals surface area contributed by atoms with E-state index in [9.17, 15) is 14.7 Å². The standard InChI is InChI=1S/C13H14N2O4.ClH/c1-2-19-13(18)10-8-15(12(17)11(10)16)7-9-3-5-14-6-4-9;/h3-6,16H,2,7-8H2,1H3;1H. The van der Waals surface area contributed by atoms with E-state index < -0.39 is 17.6 Å². The molecule has 0 unspecified atom stereocenters. The Morgan fingerprint density at radius 1 is 1.45 bits per heavy atom. The molecule has 0 spiro atoms. The van der Waals surface area contributed by atoms with Crippen LogP contribution in [0.15, 0.2) is 35.9 Å². The number of halogens is 1. The molecule has 1 aliphatic rings. The molecule has 7 heteroatoms. The SMILES string of the molecule is CCOC(=O)C1=C(O)C(=O)N(Cc2ccncc2)C1.Cl. The van der Waals surface area contributed by atoms with Crippen molar-refractivity contribution in [1.29, 1.82) is 0 Å². The van der Waals surface area contributed by atoms with Crippen LogP contribution >= 0.6 is 12.4 Å². The summed E-state index contributed by atoms with van der Waals surface area (Å²) < 4.78 is 4.80. The van der Waals surface area contributed by atoms with Crippen LogP contribution < -0.4 is 0 Å². The highest BCUT2D eigenvalue weighted by Gasteiger charge is 2.34. The quantitative estimate of drug-likeness (QED) is 0.846. The number of esters is 1. The van der Waals surface area contributed by atoms with Gasteiger partial charge in [0.05, 0.1) is 13.2 Å². The minimum atomic E-state index is -0.648. The molecular formula is C13H15ClN2O4. The van der Waals surface area contributed by atoms with Crippen molar-refractivity contribution < 1.29 is 19.4 Å². The van der Waals surface area contributed by atoms with Crippen molar-refractivity contribution in [1.82, 2.24) is 9.88 Å². The molecule has 0 saturated carbocycles. The predicted octanol–water partition coefficient (Wildman–Crippen LogP) is 1.22. The summed E-state index contributed by atoms with van der Waals surface area (Å²) in [6, 6.07) is 3.54. The number of nitrogens with zero attached hydrogens (tertiary/aromatic N) is 2. The normalized spacial score (nSPS) is 14.2. The van der Waals surface area contributed by atoms with Crippen molar-refractivity contribution in [3.05, 3.63) is 41.4 Å². The molecule has 0 aliphatic carbocycles. The van der Waals surface area contributed by atoms with Crippen molar-refractivity contribution in [2.24, 2.45) is 0 Å². The molecule has 1 N–H and O–H groups in total. The second-order valence-electron chi connectivity index (χ2n) is 4.06. The molecule has 1 aliphatic heterocycles. The van der Waals surface area contributed by atoms with Crippen LogP contribution in [0.1, 0.15) is 12.5 Å². The van der Waals surface area contributed by atoms with E-state index in [0.717, 1.165) is 5.56 Å². The van der Waals surface area contributed by atoms with Gasteiger partial charge in [-0.2, -0.15) is 0 Å². The van der Waals surface area contributed by atoms with Gasteiger partial charge < -0.3 is 14.7 Å². The van der Waals surface area contributed by atoms with Crippen LogP contribution in [0.3, 0.4) is 0 Å². The molecule has 108 valence electrons. The van der Waals surface area contributed by atoms with Crippen LogP contribution in [-0.2, 0) is 20.9 Å². The van der Waals surface area contributed by atoms with E-state index in [4.69, 9.17) is 4.74 Å². The summed E-state index contributed by atoms with van der Waals surface area (Å²) in [5.74, 6) is -1.72. The maximum Gasteiger partial charge on any atom is 0.339 e. The zero-order valence-corrected chi connectivity index (χ0v) is 11.7. The van der Waals surface area contributed by atoms with Crippen LogP contribution in [0, 0.1) is 0 Å². The van der Waals surface area contributed by atoms with Crippen molar-refractivity contribution >= 4 is 24.3 Å². The van der Waals surface area contributed by atoms with E-state index in [-0.39, 0.29) is 31.1 Å². The molecule has 2 heterocycles. The number of aromatic nitrogens is 1. The zero-order valence-electron chi connectivity index (χ0n) is 10.9. The highest BCUT2D eigenvalue weighted by molar-refractivity contribution is 6.04. The zero-order chi connectivity index (χ0) is 13.8. The van der Waals surface area contributed by atoms with Gasteiger partial charge in [-0.05, 0) is 24.6 Å². The van der Waals surface area contributed by atoms with Gasteiger partial charge in [-0.15, -0.1) is 12.4 Å². The van der Waals surface area contributed by atoms with E-state index in [0.29, 0.717) is 6.54 Å². The Bertz CT molecular complexity index is 530. The lowest BCUT2D eigenvalue weighted by Crippen LogP contribution is -2.27. The summed E-state index contributed by atoms with van der Waals surface area (Å²) >= 11 is 0. The van der Waals surface area contributed by atoms with Crippen molar-refractivity contribution in [2.45, 2.75) is 13.5 Å². The van der Waals surface area contributed by atoms with Gasteiger partial charge in [-0.25, -0.2) is 4.79 Å². The molecule has 2 rings (SSSR count). The third-order valence-electron chi connectivity index (χ3n) is 2.77. The highest BCUT2D eigenvalue weighted by Crippen LogP contribution is 2.20. The van der Waals surface area contributed by atoms with Gasteiger partial charge in [0.25, 0.3) is 5.91 Å². The predicted molar refractivity (Wildman–Crippen MR) is 73.2 cm³/mol. The third kappa shape index (κ3) is 3.27. The number of amides is 1.